The Morgan fingerprint density at radius 2 is 1.83 bits per heavy atom. The van der Waals surface area contributed by atoms with E-state index in [1.165, 1.54) is 44.5 Å². The fourth-order valence-corrected chi connectivity index (χ4v) is 3.26. The number of urea groups is 1. The number of aryl methyl sites for hydroxylation is 1. The van der Waals surface area contributed by atoms with E-state index in [2.05, 4.69) is 36.6 Å². The van der Waals surface area contributed by atoms with Gasteiger partial charge in [-0.15, -0.1) is 0 Å². The van der Waals surface area contributed by atoms with Gasteiger partial charge in [0, 0.05) is 24.6 Å². The molecule has 0 atom stereocenters. The van der Waals surface area contributed by atoms with Crippen molar-refractivity contribution in [2.45, 2.75) is 58.4 Å². The summed E-state index contributed by atoms with van der Waals surface area (Å²) in [6, 6.07) is 8.46. The van der Waals surface area contributed by atoms with E-state index in [4.69, 9.17) is 0 Å². The molecule has 2 rings (SSSR count). The molecule has 0 aliphatic carbocycles. The topological polar surface area (TPSA) is 45.6 Å². The summed E-state index contributed by atoms with van der Waals surface area (Å²) < 4.78 is 0. The Labute approximate surface area is 140 Å². The lowest BCUT2D eigenvalue weighted by molar-refractivity contribution is -0.905. The van der Waals surface area contributed by atoms with E-state index in [0.717, 1.165) is 24.9 Å². The highest BCUT2D eigenvalue weighted by molar-refractivity contribution is 5.89. The minimum absolute atomic E-state index is 0.0738. The lowest BCUT2D eigenvalue weighted by atomic mass is 10.1. The van der Waals surface area contributed by atoms with Crippen molar-refractivity contribution in [3.05, 3.63) is 29.8 Å². The maximum Gasteiger partial charge on any atom is 0.319 e. The summed E-state index contributed by atoms with van der Waals surface area (Å²) in [7, 11) is 0. The van der Waals surface area contributed by atoms with Gasteiger partial charge in [0.1, 0.15) is 0 Å². The van der Waals surface area contributed by atoms with Gasteiger partial charge in [-0.3, -0.25) is 0 Å². The largest absolute Gasteiger partial charge is 0.335 e. The molecule has 23 heavy (non-hydrogen) atoms. The second-order valence-corrected chi connectivity index (χ2v) is 6.67. The van der Waals surface area contributed by atoms with Crippen LogP contribution < -0.4 is 15.5 Å². The SMILES string of the molecule is CCCCc1ccc(NC(=O)NC2CC[NH+](CCC)CC2)cc1. The van der Waals surface area contributed by atoms with Crippen LogP contribution in [0.15, 0.2) is 24.3 Å². The van der Waals surface area contributed by atoms with E-state index in [9.17, 15) is 4.79 Å². The fourth-order valence-electron chi connectivity index (χ4n) is 3.26. The molecule has 4 nitrogen and oxygen atoms in total. The van der Waals surface area contributed by atoms with Crippen LogP contribution in [0.4, 0.5) is 10.5 Å². The third kappa shape index (κ3) is 6.22. The Bertz CT molecular complexity index is 464. The molecule has 0 saturated carbocycles. The second-order valence-electron chi connectivity index (χ2n) is 6.67. The maximum absolute atomic E-state index is 12.1. The van der Waals surface area contributed by atoms with Gasteiger partial charge in [0.25, 0.3) is 0 Å². The number of carbonyl (C=O) groups is 1. The zero-order valence-electron chi connectivity index (χ0n) is 14.7. The van der Waals surface area contributed by atoms with Crippen LogP contribution in [0.25, 0.3) is 0 Å². The molecule has 1 aromatic carbocycles. The van der Waals surface area contributed by atoms with Gasteiger partial charge in [-0.2, -0.15) is 0 Å². The Morgan fingerprint density at radius 1 is 1.13 bits per heavy atom. The number of benzene rings is 1. The van der Waals surface area contributed by atoms with E-state index in [0.29, 0.717) is 6.04 Å². The molecule has 4 heteroatoms. The van der Waals surface area contributed by atoms with Crippen LogP contribution in [0.2, 0.25) is 0 Å². The van der Waals surface area contributed by atoms with Crippen molar-refractivity contribution in [1.82, 2.24) is 5.32 Å². The summed E-state index contributed by atoms with van der Waals surface area (Å²) in [4.78, 5) is 13.8. The van der Waals surface area contributed by atoms with Crippen molar-refractivity contribution in [2.24, 2.45) is 0 Å². The summed E-state index contributed by atoms with van der Waals surface area (Å²) in [6.45, 7) is 8.03. The smallest absolute Gasteiger partial charge is 0.319 e. The monoisotopic (exact) mass is 318 g/mol. The molecule has 1 fully saturated rings. The zero-order chi connectivity index (χ0) is 16.5. The molecule has 0 unspecified atom stereocenters. The minimum atomic E-state index is -0.0738. The van der Waals surface area contributed by atoms with Gasteiger partial charge in [0.2, 0.25) is 0 Å². The molecule has 2 amide bonds. The molecule has 0 radical (unpaired) electrons. The van der Waals surface area contributed by atoms with Crippen LogP contribution in [0, 0.1) is 0 Å². The number of piperidine rings is 1. The number of unbranched alkanes of at least 4 members (excludes halogenated alkanes) is 1. The molecule has 3 N–H and O–H groups in total. The quantitative estimate of drug-likeness (QED) is 0.711. The van der Waals surface area contributed by atoms with E-state index < -0.39 is 0 Å². The number of hydrogen-bond donors (Lipinski definition) is 3. The number of rotatable bonds is 7. The van der Waals surface area contributed by atoms with Crippen molar-refractivity contribution < 1.29 is 9.69 Å². The van der Waals surface area contributed by atoms with E-state index in [1.54, 1.807) is 4.90 Å². The Morgan fingerprint density at radius 3 is 2.43 bits per heavy atom. The molecule has 1 heterocycles. The summed E-state index contributed by atoms with van der Waals surface area (Å²) in [5.74, 6) is 0. The molecule has 0 aromatic heterocycles. The Hall–Kier alpha value is -1.55. The predicted octanol–water partition coefficient (Wildman–Crippen LogP) is 2.61. The van der Waals surface area contributed by atoms with Gasteiger partial charge < -0.3 is 15.5 Å². The molecule has 128 valence electrons. The van der Waals surface area contributed by atoms with Gasteiger partial charge in [-0.05, 0) is 37.0 Å². The molecule has 1 saturated heterocycles. The van der Waals surface area contributed by atoms with Gasteiger partial charge >= 0.3 is 6.03 Å². The number of likely N-dealkylation sites (tertiary alicyclic amines) is 1. The fraction of sp³-hybridized carbons (Fsp3) is 0.632. The van der Waals surface area contributed by atoms with Crippen LogP contribution >= 0.6 is 0 Å². The molecule has 1 aromatic rings. The van der Waals surface area contributed by atoms with Crippen LogP contribution in [0.1, 0.15) is 51.5 Å². The highest BCUT2D eigenvalue weighted by Gasteiger charge is 2.22. The normalized spacial score (nSPS) is 21.0. The number of quaternary nitrogens is 1. The number of carbonyl (C=O) groups excluding carboxylic acids is 1. The summed E-state index contributed by atoms with van der Waals surface area (Å²) >= 11 is 0. The third-order valence-electron chi connectivity index (χ3n) is 4.66. The van der Waals surface area contributed by atoms with Crippen molar-refractivity contribution >= 4 is 11.7 Å². The van der Waals surface area contributed by atoms with Crippen LogP contribution in [-0.2, 0) is 6.42 Å². The first-order valence-corrected chi connectivity index (χ1v) is 9.21. The lowest BCUT2D eigenvalue weighted by Crippen LogP contribution is -3.13. The van der Waals surface area contributed by atoms with E-state index in [-0.39, 0.29) is 6.03 Å². The van der Waals surface area contributed by atoms with Crippen LogP contribution in [0.3, 0.4) is 0 Å². The van der Waals surface area contributed by atoms with Crippen molar-refractivity contribution in [3.63, 3.8) is 0 Å². The highest BCUT2D eigenvalue weighted by Crippen LogP contribution is 2.12. The summed E-state index contributed by atoms with van der Waals surface area (Å²) in [5, 5.41) is 6.07. The predicted molar refractivity (Wildman–Crippen MR) is 96.1 cm³/mol. The van der Waals surface area contributed by atoms with Crippen LogP contribution in [-0.4, -0.2) is 31.7 Å². The molecular weight excluding hydrogens is 286 g/mol. The molecule has 0 bridgehead atoms. The number of anilines is 1. The Balaban J connectivity index is 1.72. The van der Waals surface area contributed by atoms with Crippen molar-refractivity contribution in [2.75, 3.05) is 25.0 Å². The first kappa shape index (κ1) is 17.8. The standard InChI is InChI=1S/C19H31N3O/c1-3-5-6-16-7-9-17(10-8-16)20-19(23)21-18-11-14-22(13-4-2)15-12-18/h7-10,18H,3-6,11-15H2,1-2H3,(H2,20,21,23)/p+1. The average Bonchev–Trinajstić information content (AvgIpc) is 2.56. The molecule has 0 spiro atoms. The van der Waals surface area contributed by atoms with Gasteiger partial charge in [0.15, 0.2) is 0 Å². The summed E-state index contributed by atoms with van der Waals surface area (Å²) in [5.41, 5.74) is 2.21. The van der Waals surface area contributed by atoms with E-state index in [1.807, 2.05) is 12.1 Å². The lowest BCUT2D eigenvalue weighted by Gasteiger charge is -2.29. The van der Waals surface area contributed by atoms with Gasteiger partial charge in [-0.25, -0.2) is 4.79 Å². The minimum Gasteiger partial charge on any atom is -0.335 e. The Kier molecular flexibility index (Phi) is 7.40. The maximum atomic E-state index is 12.1. The van der Waals surface area contributed by atoms with Crippen molar-refractivity contribution in [3.8, 4) is 0 Å². The number of amides is 2. The van der Waals surface area contributed by atoms with Crippen LogP contribution in [0.5, 0.6) is 0 Å². The highest BCUT2D eigenvalue weighted by atomic mass is 16.2. The first-order chi connectivity index (χ1) is 11.2. The molecule has 1 aliphatic heterocycles. The molecule has 1 aliphatic rings. The molecular formula is C19H32N3O+. The van der Waals surface area contributed by atoms with E-state index >= 15 is 0 Å². The summed E-state index contributed by atoms with van der Waals surface area (Å²) in [6.07, 6.45) is 6.94. The first-order valence-electron chi connectivity index (χ1n) is 9.21. The zero-order valence-corrected chi connectivity index (χ0v) is 14.7. The van der Waals surface area contributed by atoms with Gasteiger partial charge in [0.05, 0.1) is 19.6 Å². The van der Waals surface area contributed by atoms with Crippen molar-refractivity contribution in [1.29, 1.82) is 0 Å². The third-order valence-corrected chi connectivity index (χ3v) is 4.66. The average molecular weight is 318 g/mol. The second kappa shape index (κ2) is 9.56. The van der Waals surface area contributed by atoms with Gasteiger partial charge in [-0.1, -0.05) is 32.4 Å². The number of nitrogens with one attached hydrogen (secondary N) is 3. The number of hydrogen-bond acceptors (Lipinski definition) is 1.